The van der Waals surface area contributed by atoms with E-state index in [2.05, 4.69) is 62.5 Å². The number of esters is 1. The highest BCUT2D eigenvalue weighted by atomic mass is 16.5. The van der Waals surface area contributed by atoms with Crippen LogP contribution in [-0.4, -0.2) is 46.9 Å². The molecule has 340 valence electrons. The number of hydrogen-bond donors (Lipinski definition) is 3. The van der Waals surface area contributed by atoms with Crippen LogP contribution in [0.1, 0.15) is 226 Å². The quantitative estimate of drug-likeness (QED) is 0.0323. The molecule has 0 saturated carbocycles. The third-order valence-corrected chi connectivity index (χ3v) is 10.9. The van der Waals surface area contributed by atoms with E-state index < -0.39 is 18.2 Å². The van der Waals surface area contributed by atoms with Gasteiger partial charge in [-0.05, 0) is 64.2 Å². The number of rotatable bonds is 43. The number of unbranched alkanes of at least 4 members (excludes halogenated alkanes) is 23. The molecule has 3 unspecified atom stereocenters. The lowest BCUT2D eigenvalue weighted by Crippen LogP contribution is -2.46. The second-order valence-electron chi connectivity index (χ2n) is 16.6. The SMILES string of the molecule is CC/C=C/C=C/C=C\C=C/CCCC(CC(=O)NC(CO)C(O)CCCCCCCCCCCCCCC)OC(=O)CCCCC/C=C/C=C/CCCCCCCCC. The molecule has 0 heterocycles. The van der Waals surface area contributed by atoms with Gasteiger partial charge in [0.1, 0.15) is 6.10 Å². The van der Waals surface area contributed by atoms with Crippen molar-refractivity contribution in [2.24, 2.45) is 0 Å². The van der Waals surface area contributed by atoms with Gasteiger partial charge in [0.05, 0.1) is 25.2 Å². The minimum Gasteiger partial charge on any atom is -0.462 e. The molecule has 3 N–H and O–H groups in total. The second kappa shape index (κ2) is 46.4. The van der Waals surface area contributed by atoms with E-state index in [4.69, 9.17) is 4.74 Å². The zero-order chi connectivity index (χ0) is 43.1. The number of carbonyl (C=O) groups excluding carboxylic acids is 2. The molecule has 0 saturated heterocycles. The zero-order valence-corrected chi connectivity index (χ0v) is 38.6. The number of nitrogens with one attached hydrogen (secondary N) is 1. The number of carbonyl (C=O) groups is 2. The van der Waals surface area contributed by atoms with Gasteiger partial charge in [-0.2, -0.15) is 0 Å². The molecule has 0 rings (SSSR count). The predicted molar refractivity (Wildman–Crippen MR) is 255 cm³/mol. The van der Waals surface area contributed by atoms with E-state index in [0.717, 1.165) is 70.6 Å². The third-order valence-electron chi connectivity index (χ3n) is 10.9. The van der Waals surface area contributed by atoms with Gasteiger partial charge in [0, 0.05) is 6.42 Å². The van der Waals surface area contributed by atoms with E-state index in [9.17, 15) is 19.8 Å². The summed E-state index contributed by atoms with van der Waals surface area (Å²) in [6.07, 6.45) is 58.3. The summed E-state index contributed by atoms with van der Waals surface area (Å²) in [6, 6.07) is -0.730. The van der Waals surface area contributed by atoms with Crippen molar-refractivity contribution >= 4 is 11.9 Å². The molecule has 0 aliphatic carbocycles. The maximum absolute atomic E-state index is 13.1. The molecule has 0 spiro atoms. The van der Waals surface area contributed by atoms with Gasteiger partial charge in [0.15, 0.2) is 0 Å². The Morgan fingerprint density at radius 1 is 0.508 bits per heavy atom. The Morgan fingerprint density at radius 3 is 1.44 bits per heavy atom. The normalized spacial score (nSPS) is 13.9. The van der Waals surface area contributed by atoms with Crippen molar-refractivity contribution in [3.8, 4) is 0 Å². The molecule has 0 aromatic rings. The molecule has 6 nitrogen and oxygen atoms in total. The van der Waals surface area contributed by atoms with Crippen LogP contribution in [0.2, 0.25) is 0 Å². The van der Waals surface area contributed by atoms with Crippen molar-refractivity contribution in [2.45, 2.75) is 244 Å². The molecule has 3 atom stereocenters. The summed E-state index contributed by atoms with van der Waals surface area (Å²) in [5.41, 5.74) is 0. The first kappa shape index (κ1) is 56.3. The molecule has 0 aliphatic rings. The summed E-state index contributed by atoms with van der Waals surface area (Å²) < 4.78 is 5.86. The van der Waals surface area contributed by atoms with Gasteiger partial charge in [-0.25, -0.2) is 0 Å². The van der Waals surface area contributed by atoms with Gasteiger partial charge in [-0.1, -0.05) is 222 Å². The van der Waals surface area contributed by atoms with E-state index in [1.807, 2.05) is 36.5 Å². The van der Waals surface area contributed by atoms with Gasteiger partial charge in [-0.15, -0.1) is 0 Å². The van der Waals surface area contributed by atoms with Crippen LogP contribution >= 0.6 is 0 Å². The highest BCUT2D eigenvalue weighted by Gasteiger charge is 2.24. The van der Waals surface area contributed by atoms with Crippen LogP contribution in [0, 0.1) is 0 Å². The monoisotopic (exact) mass is 824 g/mol. The summed E-state index contributed by atoms with van der Waals surface area (Å²) in [5, 5.41) is 23.7. The van der Waals surface area contributed by atoms with Crippen molar-refractivity contribution in [2.75, 3.05) is 6.61 Å². The molecule has 0 aromatic heterocycles. The van der Waals surface area contributed by atoms with E-state index in [1.54, 1.807) is 0 Å². The average molecular weight is 824 g/mol. The summed E-state index contributed by atoms with van der Waals surface area (Å²) in [6.45, 7) is 6.30. The summed E-state index contributed by atoms with van der Waals surface area (Å²) >= 11 is 0. The van der Waals surface area contributed by atoms with Crippen molar-refractivity contribution < 1.29 is 24.5 Å². The smallest absolute Gasteiger partial charge is 0.306 e. The Morgan fingerprint density at radius 2 is 0.932 bits per heavy atom. The van der Waals surface area contributed by atoms with Gasteiger partial charge in [0.25, 0.3) is 0 Å². The third kappa shape index (κ3) is 41.8. The fourth-order valence-corrected chi connectivity index (χ4v) is 7.14. The Labute approximate surface area is 364 Å². The number of amides is 1. The molecule has 0 bridgehead atoms. The topological polar surface area (TPSA) is 95.9 Å². The Hall–Kier alpha value is -2.70. The number of allylic oxidation sites excluding steroid dienone is 12. The maximum Gasteiger partial charge on any atom is 0.306 e. The van der Waals surface area contributed by atoms with Crippen molar-refractivity contribution in [1.82, 2.24) is 5.32 Å². The number of hydrogen-bond acceptors (Lipinski definition) is 5. The van der Waals surface area contributed by atoms with Gasteiger partial charge in [-0.3, -0.25) is 9.59 Å². The average Bonchev–Trinajstić information content (AvgIpc) is 3.23. The minimum atomic E-state index is -0.811. The lowest BCUT2D eigenvalue weighted by molar-refractivity contribution is -0.151. The first-order valence-corrected chi connectivity index (χ1v) is 24.7. The first-order valence-electron chi connectivity index (χ1n) is 24.7. The molecule has 0 aromatic carbocycles. The Bertz CT molecular complexity index is 1110. The molecular formula is C53H93NO5. The summed E-state index contributed by atoms with van der Waals surface area (Å²) in [5.74, 6) is -0.577. The summed E-state index contributed by atoms with van der Waals surface area (Å²) in [4.78, 5) is 26.0. The van der Waals surface area contributed by atoms with Crippen LogP contribution in [0.3, 0.4) is 0 Å². The predicted octanol–water partition coefficient (Wildman–Crippen LogP) is 14.6. The highest BCUT2D eigenvalue weighted by Crippen LogP contribution is 2.16. The van der Waals surface area contributed by atoms with Crippen molar-refractivity contribution in [1.29, 1.82) is 0 Å². The van der Waals surface area contributed by atoms with Gasteiger partial charge < -0.3 is 20.3 Å². The highest BCUT2D eigenvalue weighted by molar-refractivity contribution is 5.77. The van der Waals surface area contributed by atoms with Gasteiger partial charge in [0.2, 0.25) is 5.91 Å². The van der Waals surface area contributed by atoms with E-state index >= 15 is 0 Å². The molecule has 0 radical (unpaired) electrons. The maximum atomic E-state index is 13.1. The van der Waals surface area contributed by atoms with E-state index in [-0.39, 0.29) is 24.9 Å². The molecule has 0 aliphatic heterocycles. The minimum absolute atomic E-state index is 0.0185. The van der Waals surface area contributed by atoms with Crippen LogP contribution in [0.4, 0.5) is 0 Å². The largest absolute Gasteiger partial charge is 0.462 e. The van der Waals surface area contributed by atoms with Gasteiger partial charge >= 0.3 is 5.97 Å². The molecular weight excluding hydrogens is 731 g/mol. The Kier molecular flexibility index (Phi) is 44.2. The number of aliphatic hydroxyl groups excluding tert-OH is 2. The van der Waals surface area contributed by atoms with Crippen LogP contribution in [0.25, 0.3) is 0 Å². The lowest BCUT2D eigenvalue weighted by atomic mass is 10.0. The standard InChI is InChI=1S/C53H93NO5/c1-4-7-10-13-16-19-22-24-25-26-28-31-34-37-40-43-46-53(58)59-49(44-41-38-35-32-29-21-18-15-12-9-6-3)47-52(57)54-50(48-55)51(56)45-42-39-36-33-30-27-23-20-17-14-11-8-5-2/h9,12,15,18,21,25-26,28-29,31-32,35,49-51,55-56H,4-8,10-11,13-14,16-17,19-20,22-24,27,30,33-34,36-48H2,1-3H3,(H,54,57)/b12-9+,18-15+,26-25+,29-21-,31-28+,35-32-. The van der Waals surface area contributed by atoms with E-state index in [0.29, 0.717) is 19.3 Å². The molecule has 1 amide bonds. The second-order valence-corrected chi connectivity index (χ2v) is 16.6. The number of aliphatic hydroxyl groups is 2. The number of ether oxygens (including phenoxy) is 1. The van der Waals surface area contributed by atoms with Crippen molar-refractivity contribution in [3.63, 3.8) is 0 Å². The fraction of sp³-hybridized carbons (Fsp3) is 0.736. The fourth-order valence-electron chi connectivity index (χ4n) is 7.14. The van der Waals surface area contributed by atoms with E-state index in [1.165, 1.54) is 109 Å². The first-order chi connectivity index (χ1) is 29.0. The molecule has 6 heteroatoms. The van der Waals surface area contributed by atoms with Crippen LogP contribution in [-0.2, 0) is 14.3 Å². The van der Waals surface area contributed by atoms with Crippen LogP contribution in [0.5, 0.6) is 0 Å². The van der Waals surface area contributed by atoms with Crippen LogP contribution < -0.4 is 5.32 Å². The summed E-state index contributed by atoms with van der Waals surface area (Å²) in [7, 11) is 0. The lowest BCUT2D eigenvalue weighted by Gasteiger charge is -2.24. The Balaban J connectivity index is 4.66. The molecule has 59 heavy (non-hydrogen) atoms. The molecule has 0 fully saturated rings. The van der Waals surface area contributed by atoms with Crippen molar-refractivity contribution in [3.05, 3.63) is 72.9 Å². The van der Waals surface area contributed by atoms with Crippen LogP contribution in [0.15, 0.2) is 72.9 Å². The zero-order valence-electron chi connectivity index (χ0n) is 38.6.